The molecule has 1 saturated carbocycles. The Kier molecular flexibility index (Phi) is 6.16. The Labute approximate surface area is 105 Å². The molecule has 0 amide bonds. The number of methoxy groups -OCH3 is 1. The Bertz CT molecular complexity index is 305. The lowest BCUT2D eigenvalue weighted by molar-refractivity contribution is -0.145. The summed E-state index contributed by atoms with van der Waals surface area (Å²) in [5.41, 5.74) is 0. The summed E-state index contributed by atoms with van der Waals surface area (Å²) in [4.78, 5) is 10.8. The predicted octanol–water partition coefficient (Wildman–Crippen LogP) is 3.80. The summed E-state index contributed by atoms with van der Waals surface area (Å²) in [6.07, 6.45) is 4.46. The van der Waals surface area contributed by atoms with E-state index in [-0.39, 0.29) is 11.9 Å². The zero-order valence-corrected chi connectivity index (χ0v) is 11.1. The molecule has 0 aromatic heterocycles. The Hall–Kier alpha value is -0.830. The van der Waals surface area contributed by atoms with Crippen molar-refractivity contribution in [1.82, 2.24) is 0 Å². The molecule has 1 aromatic rings. The maximum absolute atomic E-state index is 10.8. The maximum Gasteiger partial charge on any atom is 0.308 e. The molecule has 1 aromatic carbocycles. The number of carbonyl (C=O) groups excluding carboxylic acids is 1. The number of halogens is 1. The second-order valence-electron chi connectivity index (χ2n) is 3.80. The minimum absolute atomic E-state index is 0.0208. The molecule has 2 rings (SSSR count). The van der Waals surface area contributed by atoms with Gasteiger partial charge >= 0.3 is 5.97 Å². The van der Waals surface area contributed by atoms with Gasteiger partial charge in [0.2, 0.25) is 0 Å². The van der Waals surface area contributed by atoms with Gasteiger partial charge in [0, 0.05) is 4.47 Å². The van der Waals surface area contributed by atoms with Crippen LogP contribution in [0, 0.1) is 5.92 Å². The Morgan fingerprint density at radius 1 is 1.25 bits per heavy atom. The molecule has 0 saturated heterocycles. The third-order valence-corrected chi connectivity index (χ3v) is 3.15. The highest BCUT2D eigenvalue weighted by Gasteiger charge is 2.22. The zero-order valence-electron chi connectivity index (χ0n) is 9.49. The molecule has 1 aliphatic carbocycles. The van der Waals surface area contributed by atoms with E-state index in [1.165, 1.54) is 20.0 Å². The van der Waals surface area contributed by atoms with Crippen molar-refractivity contribution in [3.63, 3.8) is 0 Å². The molecule has 3 heteroatoms. The molecule has 1 fully saturated rings. The smallest absolute Gasteiger partial charge is 0.308 e. The van der Waals surface area contributed by atoms with Gasteiger partial charge in [-0.1, -0.05) is 47.0 Å². The van der Waals surface area contributed by atoms with Crippen molar-refractivity contribution in [2.45, 2.75) is 25.7 Å². The number of hydrogen-bond acceptors (Lipinski definition) is 2. The standard InChI is InChI=1S/C7H12O2.C6H5Br/c1-9-7(8)6-4-2-3-5-6;7-6-4-2-1-3-5-6/h6H,2-5H2,1H3;1-5H. The van der Waals surface area contributed by atoms with Crippen LogP contribution in [0.2, 0.25) is 0 Å². The van der Waals surface area contributed by atoms with E-state index in [2.05, 4.69) is 20.7 Å². The van der Waals surface area contributed by atoms with Crippen molar-refractivity contribution in [2.24, 2.45) is 5.92 Å². The van der Waals surface area contributed by atoms with Crippen molar-refractivity contribution in [3.8, 4) is 0 Å². The second kappa shape index (κ2) is 7.44. The van der Waals surface area contributed by atoms with Gasteiger partial charge in [0.25, 0.3) is 0 Å². The Balaban J connectivity index is 0.000000165. The van der Waals surface area contributed by atoms with E-state index >= 15 is 0 Å². The second-order valence-corrected chi connectivity index (χ2v) is 4.72. The van der Waals surface area contributed by atoms with Crippen LogP contribution in [0.3, 0.4) is 0 Å². The molecule has 16 heavy (non-hydrogen) atoms. The minimum Gasteiger partial charge on any atom is -0.469 e. The summed E-state index contributed by atoms with van der Waals surface area (Å²) in [5, 5.41) is 0. The van der Waals surface area contributed by atoms with Gasteiger partial charge in [0.15, 0.2) is 0 Å². The van der Waals surface area contributed by atoms with E-state index in [9.17, 15) is 4.79 Å². The monoisotopic (exact) mass is 284 g/mol. The van der Waals surface area contributed by atoms with Gasteiger partial charge in [0.1, 0.15) is 0 Å². The van der Waals surface area contributed by atoms with Crippen LogP contribution >= 0.6 is 15.9 Å². The van der Waals surface area contributed by atoms with Gasteiger partial charge in [-0.05, 0) is 25.0 Å². The molecule has 0 N–H and O–H groups in total. The van der Waals surface area contributed by atoms with Gasteiger partial charge < -0.3 is 4.74 Å². The molecule has 0 spiro atoms. The number of hydrogen-bond donors (Lipinski definition) is 0. The molecule has 0 radical (unpaired) electrons. The van der Waals surface area contributed by atoms with Crippen LogP contribution in [0.25, 0.3) is 0 Å². The molecule has 1 aliphatic rings. The zero-order chi connectivity index (χ0) is 11.8. The third kappa shape index (κ3) is 4.79. The normalized spacial score (nSPS) is 15.1. The van der Waals surface area contributed by atoms with Gasteiger partial charge in [-0.3, -0.25) is 4.79 Å². The average Bonchev–Trinajstić information content (AvgIpc) is 2.83. The fourth-order valence-electron chi connectivity index (χ4n) is 1.74. The van der Waals surface area contributed by atoms with E-state index in [4.69, 9.17) is 0 Å². The van der Waals surface area contributed by atoms with Gasteiger partial charge in [-0.2, -0.15) is 0 Å². The van der Waals surface area contributed by atoms with Crippen molar-refractivity contribution >= 4 is 21.9 Å². The van der Waals surface area contributed by atoms with Gasteiger partial charge in [0.05, 0.1) is 13.0 Å². The van der Waals surface area contributed by atoms with Crippen molar-refractivity contribution < 1.29 is 9.53 Å². The number of rotatable bonds is 1. The summed E-state index contributed by atoms with van der Waals surface area (Å²) in [6, 6.07) is 9.97. The molecule has 88 valence electrons. The molecule has 2 nitrogen and oxygen atoms in total. The molecule has 0 heterocycles. The lowest BCUT2D eigenvalue weighted by atomic mass is 10.1. The van der Waals surface area contributed by atoms with Crippen LogP contribution in [0.5, 0.6) is 0 Å². The fourth-order valence-corrected chi connectivity index (χ4v) is 2.05. The first-order chi connectivity index (χ1) is 7.74. The van der Waals surface area contributed by atoms with E-state index in [0.29, 0.717) is 0 Å². The van der Waals surface area contributed by atoms with Crippen molar-refractivity contribution in [1.29, 1.82) is 0 Å². The molecule has 0 bridgehead atoms. The lowest BCUT2D eigenvalue weighted by Gasteiger charge is -2.03. The summed E-state index contributed by atoms with van der Waals surface area (Å²) in [5.74, 6) is 0.197. The van der Waals surface area contributed by atoms with Gasteiger partial charge in [-0.15, -0.1) is 0 Å². The van der Waals surface area contributed by atoms with Crippen LogP contribution in [0.4, 0.5) is 0 Å². The van der Waals surface area contributed by atoms with Crippen LogP contribution < -0.4 is 0 Å². The molecular weight excluding hydrogens is 268 g/mol. The van der Waals surface area contributed by atoms with Crippen molar-refractivity contribution in [2.75, 3.05) is 7.11 Å². The van der Waals surface area contributed by atoms with Gasteiger partial charge in [-0.25, -0.2) is 0 Å². The quantitative estimate of drug-likeness (QED) is 0.734. The topological polar surface area (TPSA) is 26.3 Å². The van der Waals surface area contributed by atoms with Crippen LogP contribution in [0.1, 0.15) is 25.7 Å². The minimum atomic E-state index is -0.0208. The number of benzene rings is 1. The molecule has 0 unspecified atom stereocenters. The number of ether oxygens (including phenoxy) is 1. The maximum atomic E-state index is 10.8. The van der Waals surface area contributed by atoms with Crippen LogP contribution in [-0.2, 0) is 9.53 Å². The first-order valence-corrected chi connectivity index (χ1v) is 6.31. The largest absolute Gasteiger partial charge is 0.469 e. The van der Waals surface area contributed by atoms with Crippen molar-refractivity contribution in [3.05, 3.63) is 34.8 Å². The van der Waals surface area contributed by atoms with Crippen LogP contribution in [-0.4, -0.2) is 13.1 Å². The summed E-state index contributed by atoms with van der Waals surface area (Å²) >= 11 is 3.31. The number of carbonyl (C=O) groups is 1. The van der Waals surface area contributed by atoms with E-state index < -0.39 is 0 Å². The SMILES string of the molecule is Brc1ccccc1.COC(=O)C1CCCC1. The molecular formula is C13H17BrO2. The van der Waals surface area contributed by atoms with E-state index in [1.54, 1.807) is 0 Å². The molecule has 0 aliphatic heterocycles. The first-order valence-electron chi connectivity index (χ1n) is 5.52. The predicted molar refractivity (Wildman–Crippen MR) is 68.1 cm³/mol. The summed E-state index contributed by atoms with van der Waals surface area (Å²) < 4.78 is 5.73. The third-order valence-electron chi connectivity index (χ3n) is 2.62. The summed E-state index contributed by atoms with van der Waals surface area (Å²) in [7, 11) is 1.46. The molecule has 0 atom stereocenters. The average molecular weight is 285 g/mol. The highest BCUT2D eigenvalue weighted by molar-refractivity contribution is 9.10. The highest BCUT2D eigenvalue weighted by Crippen LogP contribution is 2.25. The number of esters is 1. The lowest BCUT2D eigenvalue weighted by Crippen LogP contribution is -2.11. The first kappa shape index (κ1) is 13.2. The fraction of sp³-hybridized carbons (Fsp3) is 0.462. The Morgan fingerprint density at radius 3 is 2.19 bits per heavy atom. The van der Waals surface area contributed by atoms with E-state index in [1.807, 2.05) is 30.3 Å². The van der Waals surface area contributed by atoms with E-state index in [0.717, 1.165) is 17.3 Å². The highest BCUT2D eigenvalue weighted by atomic mass is 79.9. The Morgan fingerprint density at radius 2 is 1.81 bits per heavy atom. The summed E-state index contributed by atoms with van der Waals surface area (Å²) in [6.45, 7) is 0. The van der Waals surface area contributed by atoms with Crippen LogP contribution in [0.15, 0.2) is 34.8 Å².